The largest absolute Gasteiger partial charge is 0.314 e. The van der Waals surface area contributed by atoms with Gasteiger partial charge in [-0.15, -0.1) is 0 Å². The second kappa shape index (κ2) is 8.58. The summed E-state index contributed by atoms with van der Waals surface area (Å²) in [6.07, 6.45) is 4.01. The second-order valence-electron chi connectivity index (χ2n) is 5.33. The third-order valence-corrected chi connectivity index (χ3v) is 7.11. The topological polar surface area (TPSA) is 61.4 Å². The Morgan fingerprint density at radius 1 is 1.25 bits per heavy atom. The number of nitrogens with zero attached hydrogens (tertiary/aromatic N) is 1. The molecular weight excluding hydrogens is 294 g/mol. The molecule has 0 atom stereocenters. The summed E-state index contributed by atoms with van der Waals surface area (Å²) in [4.78, 5) is 2.21. The van der Waals surface area contributed by atoms with Gasteiger partial charge in [0.1, 0.15) is 0 Å². The van der Waals surface area contributed by atoms with Gasteiger partial charge in [-0.05, 0) is 19.1 Å². The second-order valence-corrected chi connectivity index (χ2v) is 8.53. The third-order valence-electron chi connectivity index (χ3n) is 4.22. The molecule has 0 spiro atoms. The number of sulfonamides is 1. The van der Waals surface area contributed by atoms with Gasteiger partial charge in [-0.25, -0.2) is 13.1 Å². The Labute approximate surface area is 128 Å². The molecule has 20 heavy (non-hydrogen) atoms. The van der Waals surface area contributed by atoms with Crippen LogP contribution in [0.5, 0.6) is 0 Å². The van der Waals surface area contributed by atoms with E-state index in [0.29, 0.717) is 13.1 Å². The molecule has 0 aromatic heterocycles. The first kappa shape index (κ1) is 18.2. The zero-order chi connectivity index (χ0) is 15.1. The number of thioether (sulfide) groups is 1. The molecule has 1 aliphatic heterocycles. The van der Waals surface area contributed by atoms with Gasteiger partial charge < -0.3 is 5.32 Å². The minimum atomic E-state index is -3.17. The van der Waals surface area contributed by atoms with Gasteiger partial charge in [0, 0.05) is 44.0 Å². The molecule has 1 saturated heterocycles. The molecule has 1 heterocycles. The molecule has 0 radical (unpaired) electrons. The van der Waals surface area contributed by atoms with Gasteiger partial charge in [-0.1, -0.05) is 13.8 Å². The predicted octanol–water partition coefficient (Wildman–Crippen LogP) is 0.733. The van der Waals surface area contributed by atoms with Crippen LogP contribution in [0.4, 0.5) is 0 Å². The third kappa shape index (κ3) is 5.89. The van der Waals surface area contributed by atoms with Crippen LogP contribution < -0.4 is 10.0 Å². The quantitative estimate of drug-likeness (QED) is 0.655. The summed E-state index contributed by atoms with van der Waals surface area (Å²) in [5, 5.41) is 3.27. The monoisotopic (exact) mass is 323 g/mol. The van der Waals surface area contributed by atoms with E-state index in [4.69, 9.17) is 0 Å². The minimum Gasteiger partial charge on any atom is -0.314 e. The summed E-state index contributed by atoms with van der Waals surface area (Å²) in [5.41, 5.74) is 0. The van der Waals surface area contributed by atoms with Crippen molar-refractivity contribution in [3.8, 4) is 0 Å². The Morgan fingerprint density at radius 2 is 1.85 bits per heavy atom. The molecule has 1 aliphatic rings. The van der Waals surface area contributed by atoms with E-state index in [1.54, 1.807) is 11.8 Å². The van der Waals surface area contributed by atoms with Gasteiger partial charge in [0.25, 0.3) is 0 Å². The molecule has 1 rings (SSSR count). The van der Waals surface area contributed by atoms with Crippen molar-refractivity contribution < 1.29 is 8.42 Å². The minimum absolute atomic E-state index is 0.0299. The van der Waals surface area contributed by atoms with Crippen molar-refractivity contribution in [2.75, 3.05) is 51.3 Å². The highest BCUT2D eigenvalue weighted by atomic mass is 32.2. The van der Waals surface area contributed by atoms with E-state index in [0.717, 1.165) is 39.0 Å². The maximum absolute atomic E-state index is 12.1. The molecule has 0 aromatic carbocycles. The maximum Gasteiger partial charge on any atom is 0.212 e. The Kier molecular flexibility index (Phi) is 7.82. The highest BCUT2D eigenvalue weighted by Crippen LogP contribution is 2.29. The van der Waals surface area contributed by atoms with Crippen molar-refractivity contribution in [1.82, 2.24) is 14.9 Å². The van der Waals surface area contributed by atoms with Crippen LogP contribution in [-0.4, -0.2) is 69.3 Å². The zero-order valence-electron chi connectivity index (χ0n) is 12.9. The number of hydrogen-bond donors (Lipinski definition) is 2. The Morgan fingerprint density at radius 3 is 2.35 bits per heavy atom. The van der Waals surface area contributed by atoms with Crippen molar-refractivity contribution in [2.24, 2.45) is 0 Å². The van der Waals surface area contributed by atoms with Gasteiger partial charge in [0.2, 0.25) is 10.0 Å². The van der Waals surface area contributed by atoms with Crippen LogP contribution in [0.25, 0.3) is 0 Å². The molecule has 5 nitrogen and oxygen atoms in total. The molecule has 0 bridgehead atoms. The molecule has 120 valence electrons. The van der Waals surface area contributed by atoms with Crippen molar-refractivity contribution in [2.45, 2.75) is 31.4 Å². The molecule has 7 heteroatoms. The van der Waals surface area contributed by atoms with Gasteiger partial charge in [-0.2, -0.15) is 11.8 Å². The van der Waals surface area contributed by atoms with E-state index in [2.05, 4.69) is 35.0 Å². The van der Waals surface area contributed by atoms with Crippen molar-refractivity contribution in [3.63, 3.8) is 0 Å². The fourth-order valence-electron chi connectivity index (χ4n) is 2.36. The first-order valence-corrected chi connectivity index (χ1v) is 10.3. The van der Waals surface area contributed by atoms with Crippen LogP contribution in [0.15, 0.2) is 0 Å². The Bertz CT molecular complexity index is 356. The van der Waals surface area contributed by atoms with Crippen molar-refractivity contribution in [3.05, 3.63) is 0 Å². The molecule has 0 aromatic rings. The summed E-state index contributed by atoms with van der Waals surface area (Å²) in [7, 11) is -3.17. The smallest absolute Gasteiger partial charge is 0.212 e. The summed E-state index contributed by atoms with van der Waals surface area (Å²) >= 11 is 1.76. The summed E-state index contributed by atoms with van der Waals surface area (Å²) in [5.74, 6) is 0.199. The fourth-order valence-corrected chi connectivity index (χ4v) is 4.38. The molecule has 0 amide bonds. The Hall–Kier alpha value is 0.180. The van der Waals surface area contributed by atoms with E-state index in [9.17, 15) is 8.42 Å². The highest BCUT2D eigenvalue weighted by molar-refractivity contribution is 8.00. The first-order chi connectivity index (χ1) is 9.47. The number of rotatable bonds is 9. The zero-order valence-corrected chi connectivity index (χ0v) is 14.6. The lowest BCUT2D eigenvalue weighted by molar-refractivity contribution is 0.253. The fraction of sp³-hybridized carbons (Fsp3) is 1.00. The van der Waals surface area contributed by atoms with Gasteiger partial charge in [0.15, 0.2) is 0 Å². The van der Waals surface area contributed by atoms with Gasteiger partial charge >= 0.3 is 0 Å². The van der Waals surface area contributed by atoms with Crippen LogP contribution in [0, 0.1) is 0 Å². The average Bonchev–Trinajstić information content (AvgIpc) is 2.48. The lowest BCUT2D eigenvalue weighted by atomic mass is 10.0. The van der Waals surface area contributed by atoms with Crippen molar-refractivity contribution in [1.29, 1.82) is 0 Å². The van der Waals surface area contributed by atoms with E-state index >= 15 is 0 Å². The average molecular weight is 324 g/mol. The predicted molar refractivity (Wildman–Crippen MR) is 87.9 cm³/mol. The van der Waals surface area contributed by atoms with Crippen LogP contribution in [0.3, 0.4) is 0 Å². The number of hydrogen-bond acceptors (Lipinski definition) is 5. The van der Waals surface area contributed by atoms with Crippen LogP contribution >= 0.6 is 11.8 Å². The summed E-state index contributed by atoms with van der Waals surface area (Å²) in [6.45, 7) is 9.18. The van der Waals surface area contributed by atoms with E-state index in [1.807, 2.05) is 0 Å². The normalized spacial score (nSPS) is 18.4. The summed E-state index contributed by atoms with van der Waals surface area (Å²) < 4.78 is 27.0. The van der Waals surface area contributed by atoms with E-state index in [-0.39, 0.29) is 10.5 Å². The molecule has 0 aliphatic carbocycles. The molecule has 2 N–H and O–H groups in total. The first-order valence-electron chi connectivity index (χ1n) is 7.42. The van der Waals surface area contributed by atoms with Gasteiger partial charge in [0.05, 0.1) is 5.75 Å². The maximum atomic E-state index is 12.1. The molecule has 0 unspecified atom stereocenters. The lowest BCUT2D eigenvalue weighted by Crippen LogP contribution is -2.47. The van der Waals surface area contributed by atoms with Crippen molar-refractivity contribution >= 4 is 21.8 Å². The molecular formula is C13H29N3O2S2. The lowest BCUT2D eigenvalue weighted by Gasteiger charge is -2.30. The van der Waals surface area contributed by atoms with Gasteiger partial charge in [-0.3, -0.25) is 4.90 Å². The highest BCUT2D eigenvalue weighted by Gasteiger charge is 2.27. The summed E-state index contributed by atoms with van der Waals surface area (Å²) in [6, 6.07) is 0. The van der Waals surface area contributed by atoms with E-state index < -0.39 is 10.0 Å². The SMILES string of the molecule is CCC(CC)(CNS(=O)(=O)CCN1CCNCC1)SC. The molecule has 1 fully saturated rings. The Balaban J connectivity index is 2.40. The van der Waals surface area contributed by atoms with E-state index in [1.165, 1.54) is 0 Å². The number of piperazine rings is 1. The number of nitrogens with one attached hydrogen (secondary N) is 2. The standard InChI is InChI=1S/C13H29N3O2S2/c1-4-13(5-2,19-3)12-15-20(17,18)11-10-16-8-6-14-7-9-16/h14-15H,4-12H2,1-3H3. The molecule has 0 saturated carbocycles. The van der Waals surface area contributed by atoms with Crippen LogP contribution in [-0.2, 0) is 10.0 Å². The van der Waals surface area contributed by atoms with Crippen LogP contribution in [0.1, 0.15) is 26.7 Å². The van der Waals surface area contributed by atoms with Crippen LogP contribution in [0.2, 0.25) is 0 Å².